The molecule has 0 bridgehead atoms. The Bertz CT molecular complexity index is 664. The second kappa shape index (κ2) is 5.52. The summed E-state index contributed by atoms with van der Waals surface area (Å²) in [5.41, 5.74) is 2.02. The van der Waals surface area contributed by atoms with Crippen molar-refractivity contribution in [2.24, 2.45) is 4.99 Å². The summed E-state index contributed by atoms with van der Waals surface area (Å²) in [6.45, 7) is 0. The molecule has 0 aliphatic carbocycles. The zero-order chi connectivity index (χ0) is 14.7. The normalized spacial score (nSPS) is 20.9. The van der Waals surface area contributed by atoms with Crippen molar-refractivity contribution < 1.29 is 9.53 Å². The molecule has 0 spiro atoms. The summed E-state index contributed by atoms with van der Waals surface area (Å²) in [6.07, 6.45) is 1.42. The van der Waals surface area contributed by atoms with Crippen LogP contribution in [0.4, 0.5) is 0 Å². The van der Waals surface area contributed by atoms with Gasteiger partial charge in [-0.15, -0.1) is 0 Å². The Balaban J connectivity index is 2.08. The lowest BCUT2D eigenvalue weighted by atomic mass is 9.88. The highest BCUT2D eigenvalue weighted by molar-refractivity contribution is 6.04. The molecule has 2 aromatic carbocycles. The van der Waals surface area contributed by atoms with Gasteiger partial charge >= 0.3 is 5.97 Å². The van der Waals surface area contributed by atoms with Crippen molar-refractivity contribution >= 4 is 11.7 Å². The van der Waals surface area contributed by atoms with Crippen molar-refractivity contribution in [1.29, 1.82) is 0 Å². The summed E-state index contributed by atoms with van der Waals surface area (Å²) >= 11 is 0. The number of methoxy groups -OCH3 is 1. The minimum absolute atomic E-state index is 0.292. The van der Waals surface area contributed by atoms with Gasteiger partial charge in [-0.1, -0.05) is 60.7 Å². The summed E-state index contributed by atoms with van der Waals surface area (Å²) in [6, 6.07) is 19.7. The van der Waals surface area contributed by atoms with E-state index in [9.17, 15) is 4.79 Å². The summed E-state index contributed by atoms with van der Waals surface area (Å²) in [5, 5.41) is 0. The fourth-order valence-corrected chi connectivity index (χ4v) is 2.84. The average Bonchev–Trinajstić information content (AvgIpc) is 3.02. The number of carbonyl (C=O) groups is 1. The van der Waals surface area contributed by atoms with Crippen molar-refractivity contribution in [2.45, 2.75) is 18.4 Å². The van der Waals surface area contributed by atoms with E-state index in [-0.39, 0.29) is 5.97 Å². The lowest BCUT2D eigenvalue weighted by Crippen LogP contribution is -2.32. The number of rotatable bonds is 3. The van der Waals surface area contributed by atoms with Gasteiger partial charge in [-0.05, 0) is 24.0 Å². The minimum atomic E-state index is -0.902. The zero-order valence-electron chi connectivity index (χ0n) is 12.0. The highest BCUT2D eigenvalue weighted by Crippen LogP contribution is 2.38. The molecule has 0 fully saturated rings. The van der Waals surface area contributed by atoms with Gasteiger partial charge in [-0.25, -0.2) is 4.79 Å². The predicted molar refractivity (Wildman–Crippen MR) is 82.3 cm³/mol. The largest absolute Gasteiger partial charge is 0.467 e. The van der Waals surface area contributed by atoms with E-state index in [2.05, 4.69) is 0 Å². The van der Waals surface area contributed by atoms with Crippen LogP contribution in [-0.2, 0) is 15.1 Å². The third-order valence-corrected chi connectivity index (χ3v) is 3.93. The topological polar surface area (TPSA) is 38.7 Å². The molecule has 106 valence electrons. The number of esters is 1. The van der Waals surface area contributed by atoms with Crippen LogP contribution in [0, 0.1) is 0 Å². The van der Waals surface area contributed by atoms with Crippen LogP contribution in [0.5, 0.6) is 0 Å². The Morgan fingerprint density at radius 1 is 1.05 bits per heavy atom. The van der Waals surface area contributed by atoms with Crippen LogP contribution in [0.3, 0.4) is 0 Å². The molecule has 0 aromatic heterocycles. The fraction of sp³-hybridized carbons (Fsp3) is 0.222. The second-order valence-corrected chi connectivity index (χ2v) is 5.14. The van der Waals surface area contributed by atoms with Gasteiger partial charge in [0.2, 0.25) is 0 Å². The molecule has 0 N–H and O–H groups in total. The maximum atomic E-state index is 12.4. The molecule has 1 atom stereocenters. The highest BCUT2D eigenvalue weighted by Gasteiger charge is 2.45. The summed E-state index contributed by atoms with van der Waals surface area (Å²) < 4.78 is 5.03. The van der Waals surface area contributed by atoms with Gasteiger partial charge in [0.25, 0.3) is 0 Å². The predicted octanol–water partition coefficient (Wildman–Crippen LogP) is 3.34. The van der Waals surface area contributed by atoms with E-state index in [0.29, 0.717) is 6.42 Å². The summed E-state index contributed by atoms with van der Waals surface area (Å²) in [5.74, 6) is -0.292. The first-order chi connectivity index (χ1) is 10.3. The molecule has 3 rings (SSSR count). The van der Waals surface area contributed by atoms with E-state index in [4.69, 9.17) is 9.73 Å². The van der Waals surface area contributed by atoms with E-state index in [1.165, 1.54) is 7.11 Å². The molecule has 2 aromatic rings. The molecule has 0 amide bonds. The number of carbonyl (C=O) groups excluding carboxylic acids is 1. The monoisotopic (exact) mass is 279 g/mol. The van der Waals surface area contributed by atoms with E-state index in [1.807, 2.05) is 60.7 Å². The van der Waals surface area contributed by atoms with Gasteiger partial charge in [-0.3, -0.25) is 4.99 Å². The van der Waals surface area contributed by atoms with E-state index < -0.39 is 5.54 Å². The van der Waals surface area contributed by atoms with Gasteiger partial charge in [0.05, 0.1) is 7.11 Å². The van der Waals surface area contributed by atoms with Crippen LogP contribution < -0.4 is 0 Å². The summed E-state index contributed by atoms with van der Waals surface area (Å²) in [4.78, 5) is 17.2. The molecule has 3 heteroatoms. The maximum absolute atomic E-state index is 12.4. The molecule has 0 radical (unpaired) electrons. The van der Waals surface area contributed by atoms with Crippen LogP contribution in [0.1, 0.15) is 24.0 Å². The van der Waals surface area contributed by atoms with Crippen LogP contribution in [0.15, 0.2) is 65.7 Å². The van der Waals surface area contributed by atoms with Crippen molar-refractivity contribution in [1.82, 2.24) is 0 Å². The lowest BCUT2D eigenvalue weighted by molar-refractivity contribution is -0.147. The van der Waals surface area contributed by atoms with E-state index in [1.54, 1.807) is 0 Å². The van der Waals surface area contributed by atoms with Crippen molar-refractivity contribution in [2.75, 3.05) is 7.11 Å². The van der Waals surface area contributed by atoms with Gasteiger partial charge in [0.1, 0.15) is 0 Å². The van der Waals surface area contributed by atoms with E-state index in [0.717, 1.165) is 23.3 Å². The molecular weight excluding hydrogens is 262 g/mol. The molecule has 3 nitrogen and oxygen atoms in total. The smallest absolute Gasteiger partial charge is 0.338 e. The molecule has 1 aliphatic rings. The number of benzene rings is 2. The fourth-order valence-electron chi connectivity index (χ4n) is 2.84. The zero-order valence-corrected chi connectivity index (χ0v) is 12.0. The minimum Gasteiger partial charge on any atom is -0.467 e. The highest BCUT2D eigenvalue weighted by atomic mass is 16.5. The molecule has 0 saturated heterocycles. The van der Waals surface area contributed by atoms with Crippen LogP contribution >= 0.6 is 0 Å². The SMILES string of the molecule is COC(=O)C1(c2ccccc2)CCC(c2ccccc2)=N1. The Morgan fingerprint density at radius 2 is 1.67 bits per heavy atom. The molecule has 0 saturated carbocycles. The molecule has 21 heavy (non-hydrogen) atoms. The Hall–Kier alpha value is -2.42. The number of ether oxygens (including phenoxy) is 1. The first-order valence-corrected chi connectivity index (χ1v) is 7.04. The Morgan fingerprint density at radius 3 is 2.29 bits per heavy atom. The Labute approximate surface area is 124 Å². The van der Waals surface area contributed by atoms with Crippen LogP contribution in [0.25, 0.3) is 0 Å². The average molecular weight is 279 g/mol. The third-order valence-electron chi connectivity index (χ3n) is 3.93. The Kier molecular flexibility index (Phi) is 3.57. The van der Waals surface area contributed by atoms with E-state index >= 15 is 0 Å². The van der Waals surface area contributed by atoms with Gasteiger partial charge < -0.3 is 4.74 Å². The quantitative estimate of drug-likeness (QED) is 0.808. The maximum Gasteiger partial charge on any atom is 0.338 e. The molecule has 1 heterocycles. The molecule has 1 unspecified atom stereocenters. The van der Waals surface area contributed by atoms with Crippen molar-refractivity contribution in [3.63, 3.8) is 0 Å². The second-order valence-electron chi connectivity index (χ2n) is 5.14. The number of hydrogen-bond acceptors (Lipinski definition) is 3. The van der Waals surface area contributed by atoms with Gasteiger partial charge in [0, 0.05) is 5.71 Å². The number of nitrogens with zero attached hydrogens (tertiary/aromatic N) is 1. The molecular formula is C18H17NO2. The van der Waals surface area contributed by atoms with Crippen LogP contribution in [0.2, 0.25) is 0 Å². The number of hydrogen-bond donors (Lipinski definition) is 0. The molecule has 1 aliphatic heterocycles. The first kappa shape index (κ1) is 13.6. The third kappa shape index (κ3) is 2.35. The first-order valence-electron chi connectivity index (χ1n) is 7.04. The number of aliphatic imine (C=N–C) groups is 1. The lowest BCUT2D eigenvalue weighted by Gasteiger charge is -2.23. The van der Waals surface area contributed by atoms with Crippen LogP contribution in [-0.4, -0.2) is 18.8 Å². The van der Waals surface area contributed by atoms with Crippen molar-refractivity contribution in [3.8, 4) is 0 Å². The van der Waals surface area contributed by atoms with Gasteiger partial charge in [0.15, 0.2) is 5.54 Å². The summed E-state index contributed by atoms with van der Waals surface area (Å²) in [7, 11) is 1.42. The van der Waals surface area contributed by atoms with Gasteiger partial charge in [-0.2, -0.15) is 0 Å². The standard InChI is InChI=1S/C18H17NO2/c1-21-17(20)18(15-10-6-3-7-11-15)13-12-16(19-18)14-8-4-2-5-9-14/h2-11H,12-13H2,1H3. The van der Waals surface area contributed by atoms with Crippen molar-refractivity contribution in [3.05, 3.63) is 71.8 Å².